The highest BCUT2D eigenvalue weighted by atomic mass is 16.2. The van der Waals surface area contributed by atoms with Crippen LogP contribution in [0.25, 0.3) is 0 Å². The summed E-state index contributed by atoms with van der Waals surface area (Å²) in [5, 5.41) is 2.87. The lowest BCUT2D eigenvalue weighted by Crippen LogP contribution is -2.42. The molecule has 114 valence electrons. The van der Waals surface area contributed by atoms with Gasteiger partial charge in [0.15, 0.2) is 0 Å². The van der Waals surface area contributed by atoms with Gasteiger partial charge in [0.05, 0.1) is 0 Å². The predicted molar refractivity (Wildman–Crippen MR) is 84.2 cm³/mol. The molecule has 0 radical (unpaired) electrons. The largest absolute Gasteiger partial charge is 0.344 e. The van der Waals surface area contributed by atoms with Crippen LogP contribution in [0.2, 0.25) is 0 Å². The summed E-state index contributed by atoms with van der Waals surface area (Å²) in [6.07, 6.45) is 1.10. The van der Waals surface area contributed by atoms with Gasteiger partial charge >= 0.3 is 0 Å². The number of anilines is 1. The molecule has 1 unspecified atom stereocenters. The van der Waals surface area contributed by atoms with Crippen LogP contribution in [0.1, 0.15) is 39.2 Å². The normalized spacial score (nSPS) is 19.0. The maximum Gasteiger partial charge on any atom is 0.249 e. The molecule has 1 aromatic rings. The molecule has 2 amide bonds. The van der Waals surface area contributed by atoms with Crippen molar-refractivity contribution in [2.24, 2.45) is 5.41 Å². The van der Waals surface area contributed by atoms with Crippen molar-refractivity contribution >= 4 is 17.5 Å². The van der Waals surface area contributed by atoms with E-state index in [1.807, 2.05) is 52.0 Å². The molecule has 1 N–H and O–H groups in total. The van der Waals surface area contributed by atoms with Crippen LogP contribution in [0.5, 0.6) is 0 Å². The summed E-state index contributed by atoms with van der Waals surface area (Å²) in [5.41, 5.74) is 2.00. The molecule has 0 saturated carbocycles. The maximum absolute atomic E-state index is 12.4. The Balaban J connectivity index is 1.98. The van der Waals surface area contributed by atoms with Gasteiger partial charge in [0, 0.05) is 18.7 Å². The summed E-state index contributed by atoms with van der Waals surface area (Å²) in [6, 6.07) is 7.50. The van der Waals surface area contributed by atoms with E-state index in [-0.39, 0.29) is 23.3 Å². The third kappa shape index (κ3) is 4.06. The number of hydrogen-bond acceptors (Lipinski definition) is 2. The van der Waals surface area contributed by atoms with Crippen molar-refractivity contribution in [2.75, 3.05) is 11.4 Å². The first-order valence-electron chi connectivity index (χ1n) is 7.44. The van der Waals surface area contributed by atoms with E-state index in [1.165, 1.54) is 5.56 Å². The second-order valence-electron chi connectivity index (χ2n) is 6.97. The topological polar surface area (TPSA) is 49.4 Å². The molecule has 0 aromatic heterocycles. The Bertz CT molecular complexity index is 529. The van der Waals surface area contributed by atoms with Crippen molar-refractivity contribution in [1.82, 2.24) is 5.32 Å². The van der Waals surface area contributed by atoms with Crippen molar-refractivity contribution in [3.8, 4) is 0 Å². The minimum absolute atomic E-state index is 0.0129. The number of benzene rings is 1. The fourth-order valence-corrected chi connectivity index (χ4v) is 2.52. The predicted octanol–water partition coefficient (Wildman–Crippen LogP) is 2.65. The number of aryl methyl sites for hydroxylation is 1. The summed E-state index contributed by atoms with van der Waals surface area (Å²) < 4.78 is 0. The minimum Gasteiger partial charge on any atom is -0.344 e. The first-order chi connectivity index (χ1) is 9.76. The second kappa shape index (κ2) is 5.88. The van der Waals surface area contributed by atoms with Crippen LogP contribution >= 0.6 is 0 Å². The van der Waals surface area contributed by atoms with Gasteiger partial charge in [-0.2, -0.15) is 0 Å². The van der Waals surface area contributed by atoms with E-state index in [0.29, 0.717) is 19.4 Å². The van der Waals surface area contributed by atoms with Crippen LogP contribution in [-0.2, 0) is 9.59 Å². The van der Waals surface area contributed by atoms with Crippen molar-refractivity contribution in [2.45, 2.75) is 46.6 Å². The Morgan fingerprint density at radius 2 is 1.90 bits per heavy atom. The van der Waals surface area contributed by atoms with E-state index in [4.69, 9.17) is 0 Å². The Morgan fingerprint density at radius 3 is 2.48 bits per heavy atom. The third-order valence-corrected chi connectivity index (χ3v) is 3.58. The number of carbonyl (C=O) groups excluding carboxylic acids is 2. The molecule has 1 saturated heterocycles. The molecule has 0 bridgehead atoms. The van der Waals surface area contributed by atoms with E-state index >= 15 is 0 Å². The van der Waals surface area contributed by atoms with E-state index < -0.39 is 0 Å². The number of amides is 2. The maximum atomic E-state index is 12.4. The first kappa shape index (κ1) is 15.5. The molecule has 4 nitrogen and oxygen atoms in total. The quantitative estimate of drug-likeness (QED) is 0.929. The number of carbonyl (C=O) groups is 2. The van der Waals surface area contributed by atoms with E-state index in [9.17, 15) is 9.59 Å². The zero-order valence-electron chi connectivity index (χ0n) is 13.3. The molecule has 1 atom stereocenters. The Morgan fingerprint density at radius 1 is 1.29 bits per heavy atom. The number of hydrogen-bond donors (Lipinski definition) is 1. The van der Waals surface area contributed by atoms with Gasteiger partial charge in [-0.1, -0.05) is 38.5 Å². The van der Waals surface area contributed by atoms with Gasteiger partial charge in [0.25, 0.3) is 0 Å². The lowest BCUT2D eigenvalue weighted by molar-refractivity contribution is -0.127. The fourth-order valence-electron chi connectivity index (χ4n) is 2.52. The van der Waals surface area contributed by atoms with Gasteiger partial charge in [-0.05, 0) is 30.9 Å². The molecule has 1 aromatic carbocycles. The molecule has 0 aliphatic carbocycles. The Hall–Kier alpha value is -1.84. The SMILES string of the molecule is Cc1ccc(N2CCC(NC(=O)CC(C)(C)C)C2=O)cc1. The Kier molecular flexibility index (Phi) is 4.35. The van der Waals surface area contributed by atoms with Gasteiger partial charge in [-0.15, -0.1) is 0 Å². The minimum atomic E-state index is -0.388. The average Bonchev–Trinajstić information content (AvgIpc) is 2.70. The highest BCUT2D eigenvalue weighted by Crippen LogP contribution is 2.23. The van der Waals surface area contributed by atoms with E-state index in [2.05, 4.69) is 5.32 Å². The lowest BCUT2D eigenvalue weighted by Gasteiger charge is -2.20. The monoisotopic (exact) mass is 288 g/mol. The van der Waals surface area contributed by atoms with Crippen LogP contribution in [-0.4, -0.2) is 24.4 Å². The van der Waals surface area contributed by atoms with Crippen molar-refractivity contribution < 1.29 is 9.59 Å². The first-order valence-corrected chi connectivity index (χ1v) is 7.44. The van der Waals surface area contributed by atoms with E-state index in [1.54, 1.807) is 4.90 Å². The standard InChI is InChI=1S/C17H24N2O2/c1-12-5-7-13(8-6-12)19-10-9-14(16(19)21)18-15(20)11-17(2,3)4/h5-8,14H,9-11H2,1-4H3,(H,18,20). The zero-order chi connectivity index (χ0) is 15.6. The molecule has 21 heavy (non-hydrogen) atoms. The number of rotatable bonds is 3. The molecule has 4 heteroatoms. The molecular weight excluding hydrogens is 264 g/mol. The summed E-state index contributed by atoms with van der Waals surface area (Å²) in [6.45, 7) is 8.72. The molecule has 1 aliphatic rings. The lowest BCUT2D eigenvalue weighted by atomic mass is 9.92. The van der Waals surface area contributed by atoms with Crippen LogP contribution < -0.4 is 10.2 Å². The highest BCUT2D eigenvalue weighted by molar-refractivity contribution is 6.01. The van der Waals surface area contributed by atoms with Crippen molar-refractivity contribution in [1.29, 1.82) is 0 Å². The fraction of sp³-hybridized carbons (Fsp3) is 0.529. The molecular formula is C17H24N2O2. The van der Waals surface area contributed by atoms with Gasteiger partial charge in [0.1, 0.15) is 6.04 Å². The number of nitrogens with zero attached hydrogens (tertiary/aromatic N) is 1. The molecule has 2 rings (SSSR count). The molecule has 1 fully saturated rings. The molecule has 1 heterocycles. The van der Waals surface area contributed by atoms with Gasteiger partial charge in [-0.3, -0.25) is 9.59 Å². The van der Waals surface area contributed by atoms with E-state index in [0.717, 1.165) is 5.69 Å². The van der Waals surface area contributed by atoms with Crippen molar-refractivity contribution in [3.05, 3.63) is 29.8 Å². The van der Waals surface area contributed by atoms with Crippen LogP contribution in [0.3, 0.4) is 0 Å². The van der Waals surface area contributed by atoms with Gasteiger partial charge in [-0.25, -0.2) is 0 Å². The van der Waals surface area contributed by atoms with Crippen LogP contribution in [0.15, 0.2) is 24.3 Å². The summed E-state index contributed by atoms with van der Waals surface area (Å²) >= 11 is 0. The van der Waals surface area contributed by atoms with Crippen LogP contribution in [0.4, 0.5) is 5.69 Å². The highest BCUT2D eigenvalue weighted by Gasteiger charge is 2.34. The zero-order valence-corrected chi connectivity index (χ0v) is 13.3. The van der Waals surface area contributed by atoms with Gasteiger partial charge < -0.3 is 10.2 Å². The second-order valence-corrected chi connectivity index (χ2v) is 6.97. The van der Waals surface area contributed by atoms with Crippen LogP contribution in [0, 0.1) is 12.3 Å². The van der Waals surface area contributed by atoms with Gasteiger partial charge in [0.2, 0.25) is 11.8 Å². The summed E-state index contributed by atoms with van der Waals surface area (Å²) in [7, 11) is 0. The summed E-state index contributed by atoms with van der Waals surface area (Å²) in [5.74, 6) is -0.0623. The average molecular weight is 288 g/mol. The molecule has 1 aliphatic heterocycles. The third-order valence-electron chi connectivity index (χ3n) is 3.58. The Labute approximate surface area is 126 Å². The smallest absolute Gasteiger partial charge is 0.249 e. The molecule has 0 spiro atoms. The van der Waals surface area contributed by atoms with Crippen molar-refractivity contribution in [3.63, 3.8) is 0 Å². The number of nitrogens with one attached hydrogen (secondary N) is 1. The summed E-state index contributed by atoms with van der Waals surface area (Å²) in [4.78, 5) is 26.1.